The fourth-order valence-electron chi connectivity index (χ4n) is 5.30. The molecule has 4 heteroatoms. The second-order valence-corrected chi connectivity index (χ2v) is 7.70. The molecule has 4 rings (SSSR count). The summed E-state index contributed by atoms with van der Waals surface area (Å²) in [4.78, 5) is 14.4. The summed E-state index contributed by atoms with van der Waals surface area (Å²) in [5.41, 5.74) is 0.0646. The molecule has 0 aromatic rings. The van der Waals surface area contributed by atoms with Crippen LogP contribution in [0.25, 0.3) is 0 Å². The molecule has 4 bridgehead atoms. The second-order valence-electron chi connectivity index (χ2n) is 7.70. The Hall–Kier alpha value is -1.24. The van der Waals surface area contributed by atoms with Gasteiger partial charge in [-0.1, -0.05) is 0 Å². The predicted molar refractivity (Wildman–Crippen MR) is 81.5 cm³/mol. The molecule has 116 valence electrons. The fourth-order valence-corrected chi connectivity index (χ4v) is 5.30. The van der Waals surface area contributed by atoms with Crippen molar-refractivity contribution in [3.05, 3.63) is 0 Å². The highest BCUT2D eigenvalue weighted by Crippen LogP contribution is 2.55. The van der Waals surface area contributed by atoms with Crippen molar-refractivity contribution in [2.45, 2.75) is 57.9 Å². The van der Waals surface area contributed by atoms with Crippen LogP contribution in [0, 0.1) is 35.0 Å². The molecule has 21 heavy (non-hydrogen) atoms. The van der Waals surface area contributed by atoms with E-state index in [1.807, 2.05) is 13.8 Å². The highest BCUT2D eigenvalue weighted by Gasteiger charge is 2.51. The van der Waals surface area contributed by atoms with E-state index >= 15 is 0 Å². The van der Waals surface area contributed by atoms with Crippen LogP contribution < -0.4 is 5.32 Å². The Balaban J connectivity index is 1.65. The molecular weight excluding hydrogens is 262 g/mol. The van der Waals surface area contributed by atoms with Gasteiger partial charge in [0.15, 0.2) is 0 Å². The first kappa shape index (κ1) is 14.7. The molecule has 0 heterocycles. The topological polar surface area (TPSA) is 56.1 Å². The molecular formula is C17H27N3O. The van der Waals surface area contributed by atoms with Crippen LogP contribution in [0.2, 0.25) is 0 Å². The number of hydrogen-bond donors (Lipinski definition) is 1. The predicted octanol–water partition coefficient (Wildman–Crippen LogP) is 3.15. The van der Waals surface area contributed by atoms with Gasteiger partial charge in [0.25, 0.3) is 0 Å². The van der Waals surface area contributed by atoms with Crippen molar-refractivity contribution in [1.82, 2.24) is 10.2 Å². The monoisotopic (exact) mass is 289 g/mol. The second kappa shape index (κ2) is 5.51. The maximum Gasteiger partial charge on any atom is 0.317 e. The van der Waals surface area contributed by atoms with Crippen LogP contribution in [0.3, 0.4) is 0 Å². The Kier molecular flexibility index (Phi) is 3.86. The minimum atomic E-state index is -0.105. The summed E-state index contributed by atoms with van der Waals surface area (Å²) in [5.74, 6) is 2.41. The van der Waals surface area contributed by atoms with Gasteiger partial charge in [0.05, 0.1) is 12.0 Å². The summed E-state index contributed by atoms with van der Waals surface area (Å²) in [5, 5.41) is 12.3. The van der Waals surface area contributed by atoms with Gasteiger partial charge in [-0.15, -0.1) is 0 Å². The van der Waals surface area contributed by atoms with Crippen molar-refractivity contribution in [2.75, 3.05) is 13.1 Å². The van der Waals surface area contributed by atoms with Crippen LogP contribution >= 0.6 is 0 Å². The zero-order valence-corrected chi connectivity index (χ0v) is 13.3. The van der Waals surface area contributed by atoms with Crippen LogP contribution in [0.4, 0.5) is 4.79 Å². The molecule has 0 aromatic heterocycles. The lowest BCUT2D eigenvalue weighted by Gasteiger charge is -2.57. The van der Waals surface area contributed by atoms with Gasteiger partial charge in [-0.05, 0) is 70.1 Å². The molecule has 2 amide bonds. The number of hydrogen-bond acceptors (Lipinski definition) is 2. The zero-order chi connectivity index (χ0) is 15.0. The molecule has 4 fully saturated rings. The van der Waals surface area contributed by atoms with E-state index in [0.717, 1.165) is 17.8 Å². The minimum absolute atomic E-state index is 0.0431. The Morgan fingerprint density at radius 2 is 1.81 bits per heavy atom. The van der Waals surface area contributed by atoms with E-state index < -0.39 is 0 Å². The van der Waals surface area contributed by atoms with Gasteiger partial charge < -0.3 is 10.2 Å². The summed E-state index contributed by atoms with van der Waals surface area (Å²) < 4.78 is 0. The number of nitrogens with one attached hydrogen (secondary N) is 1. The van der Waals surface area contributed by atoms with Gasteiger partial charge in [-0.3, -0.25) is 0 Å². The van der Waals surface area contributed by atoms with E-state index in [-0.39, 0.29) is 17.5 Å². The summed E-state index contributed by atoms with van der Waals surface area (Å²) in [6, 6.07) is 2.27. The Morgan fingerprint density at radius 1 is 1.29 bits per heavy atom. The van der Waals surface area contributed by atoms with Crippen LogP contribution in [0.15, 0.2) is 0 Å². The molecule has 0 aliphatic heterocycles. The van der Waals surface area contributed by atoms with Crippen molar-refractivity contribution in [2.24, 2.45) is 23.7 Å². The normalized spacial score (nSPS) is 37.9. The van der Waals surface area contributed by atoms with Crippen molar-refractivity contribution in [3.8, 4) is 6.07 Å². The first-order valence-corrected chi connectivity index (χ1v) is 8.50. The molecule has 1 N–H and O–H groups in total. The zero-order valence-electron chi connectivity index (χ0n) is 13.3. The molecule has 4 nitrogen and oxygen atoms in total. The summed E-state index contributed by atoms with van der Waals surface area (Å²) in [6.07, 6.45) is 7.69. The average molecular weight is 289 g/mol. The Bertz CT molecular complexity index is 418. The third-order valence-electron chi connectivity index (χ3n) is 5.79. The fraction of sp³-hybridized carbons (Fsp3) is 0.882. The highest BCUT2D eigenvalue weighted by molar-refractivity contribution is 5.75. The van der Waals surface area contributed by atoms with Crippen LogP contribution in [-0.4, -0.2) is 29.6 Å². The molecule has 0 spiro atoms. The average Bonchev–Trinajstić information content (AvgIpc) is 2.42. The first-order chi connectivity index (χ1) is 10.0. The van der Waals surface area contributed by atoms with Crippen molar-refractivity contribution in [3.63, 3.8) is 0 Å². The van der Waals surface area contributed by atoms with Gasteiger partial charge in [0.1, 0.15) is 0 Å². The quantitative estimate of drug-likeness (QED) is 0.864. The standard InChI is InChI=1S/C17H27N3O/c1-3-20(11-12(2)10-18)16(21)19-17-7-13-4-14(8-17)6-15(5-13)9-17/h12-15H,3-9,11H2,1-2H3,(H,19,21). The van der Waals surface area contributed by atoms with Gasteiger partial charge >= 0.3 is 6.03 Å². The van der Waals surface area contributed by atoms with Crippen molar-refractivity contribution in [1.29, 1.82) is 5.26 Å². The van der Waals surface area contributed by atoms with E-state index in [9.17, 15) is 4.79 Å². The number of carbonyl (C=O) groups excluding carboxylic acids is 1. The molecule has 4 aliphatic carbocycles. The highest BCUT2D eigenvalue weighted by atomic mass is 16.2. The number of nitrogens with zero attached hydrogens (tertiary/aromatic N) is 2. The molecule has 4 aliphatic rings. The summed E-state index contributed by atoms with van der Waals surface area (Å²) in [6.45, 7) is 5.07. The van der Waals surface area contributed by atoms with E-state index in [4.69, 9.17) is 5.26 Å². The number of amides is 2. The van der Waals surface area contributed by atoms with Gasteiger partial charge in [-0.2, -0.15) is 5.26 Å². The third-order valence-corrected chi connectivity index (χ3v) is 5.79. The lowest BCUT2D eigenvalue weighted by atomic mass is 9.53. The first-order valence-electron chi connectivity index (χ1n) is 8.50. The lowest BCUT2D eigenvalue weighted by molar-refractivity contribution is -0.0157. The van der Waals surface area contributed by atoms with E-state index in [0.29, 0.717) is 13.1 Å². The Morgan fingerprint density at radius 3 is 2.24 bits per heavy atom. The summed E-state index contributed by atoms with van der Waals surface area (Å²) >= 11 is 0. The Labute approximate surface area is 127 Å². The van der Waals surface area contributed by atoms with Crippen molar-refractivity contribution >= 4 is 6.03 Å². The third kappa shape index (κ3) is 2.88. The number of urea groups is 1. The maximum absolute atomic E-state index is 12.6. The smallest absolute Gasteiger partial charge is 0.317 e. The molecule has 1 atom stereocenters. The molecule has 0 radical (unpaired) electrons. The number of nitriles is 1. The lowest BCUT2D eigenvalue weighted by Crippen LogP contribution is -2.62. The molecule has 0 saturated heterocycles. The largest absolute Gasteiger partial charge is 0.333 e. The van der Waals surface area contributed by atoms with Crippen LogP contribution in [-0.2, 0) is 0 Å². The SMILES string of the molecule is CCN(CC(C)C#N)C(=O)NC12CC3CC(CC(C3)C1)C2. The van der Waals surface area contributed by atoms with Gasteiger partial charge in [0.2, 0.25) is 0 Å². The van der Waals surface area contributed by atoms with E-state index in [1.54, 1.807) is 4.90 Å². The molecule has 4 saturated carbocycles. The minimum Gasteiger partial charge on any atom is -0.333 e. The van der Waals surface area contributed by atoms with Gasteiger partial charge in [0, 0.05) is 18.6 Å². The van der Waals surface area contributed by atoms with Gasteiger partial charge in [-0.25, -0.2) is 4.79 Å². The van der Waals surface area contributed by atoms with E-state index in [2.05, 4.69) is 11.4 Å². The van der Waals surface area contributed by atoms with Crippen molar-refractivity contribution < 1.29 is 4.79 Å². The summed E-state index contributed by atoms with van der Waals surface area (Å²) in [7, 11) is 0. The number of rotatable bonds is 4. The van der Waals surface area contributed by atoms with E-state index in [1.165, 1.54) is 38.5 Å². The maximum atomic E-state index is 12.6. The molecule has 0 aromatic carbocycles. The van der Waals surface area contributed by atoms with Crippen LogP contribution in [0.5, 0.6) is 0 Å². The van der Waals surface area contributed by atoms with Crippen LogP contribution in [0.1, 0.15) is 52.4 Å². The number of carbonyl (C=O) groups is 1. The molecule has 1 unspecified atom stereocenters.